The first-order valence-corrected chi connectivity index (χ1v) is 4.47. The van der Waals surface area contributed by atoms with Gasteiger partial charge in [-0.15, -0.1) is 0 Å². The highest BCUT2D eigenvalue weighted by Crippen LogP contribution is 2.27. The molecule has 4 nitrogen and oxygen atoms in total. The minimum atomic E-state index is 0.341. The molecule has 0 saturated carbocycles. The molecule has 74 valence electrons. The van der Waals surface area contributed by atoms with E-state index in [-0.39, 0.29) is 0 Å². The van der Waals surface area contributed by atoms with Gasteiger partial charge in [0.1, 0.15) is 5.82 Å². The normalized spacial score (nSPS) is 10.9. The summed E-state index contributed by atoms with van der Waals surface area (Å²) in [6.45, 7) is 6.12. The van der Waals surface area contributed by atoms with Crippen LogP contribution < -0.4 is 10.6 Å². The first-order valence-electron chi connectivity index (χ1n) is 4.47. The van der Waals surface area contributed by atoms with E-state index in [1.165, 1.54) is 0 Å². The molecule has 1 aromatic rings. The molecule has 0 unspecified atom stereocenters. The van der Waals surface area contributed by atoms with Crippen molar-refractivity contribution in [1.29, 1.82) is 0 Å². The molecule has 0 atom stereocenters. The van der Waals surface area contributed by atoms with Gasteiger partial charge in [0.2, 0.25) is 0 Å². The lowest BCUT2D eigenvalue weighted by atomic mass is 10.3. The van der Waals surface area contributed by atoms with Crippen LogP contribution in [-0.4, -0.2) is 23.9 Å². The van der Waals surface area contributed by atoms with Gasteiger partial charge in [0.25, 0.3) is 0 Å². The second kappa shape index (κ2) is 3.28. The number of nitrogens with two attached hydrogens (primary N) is 1. The number of hydrogen-bond donors (Lipinski definition) is 1. The fourth-order valence-corrected chi connectivity index (χ4v) is 1.35. The highest BCUT2D eigenvalue weighted by atomic mass is 15.4. The summed E-state index contributed by atoms with van der Waals surface area (Å²) in [5.41, 5.74) is 7.59. The van der Waals surface area contributed by atoms with E-state index in [1.807, 2.05) is 30.6 Å². The average molecular weight is 182 g/mol. The van der Waals surface area contributed by atoms with Crippen molar-refractivity contribution in [2.45, 2.75) is 26.8 Å². The maximum Gasteiger partial charge on any atom is 0.150 e. The Bertz CT molecular complexity index is 299. The number of hydrogen-bond acceptors (Lipinski definition) is 3. The monoisotopic (exact) mass is 182 g/mol. The van der Waals surface area contributed by atoms with Gasteiger partial charge in [-0.25, -0.2) is 4.68 Å². The number of aryl methyl sites for hydroxylation is 1. The molecular weight excluding hydrogens is 164 g/mol. The van der Waals surface area contributed by atoms with E-state index in [9.17, 15) is 0 Å². The van der Waals surface area contributed by atoms with Crippen LogP contribution in [0.4, 0.5) is 11.5 Å². The number of nitrogens with zero attached hydrogens (tertiary/aromatic N) is 3. The Morgan fingerprint density at radius 3 is 2.23 bits per heavy atom. The third kappa shape index (κ3) is 1.61. The van der Waals surface area contributed by atoms with Crippen molar-refractivity contribution in [1.82, 2.24) is 9.78 Å². The molecule has 0 spiro atoms. The molecule has 1 aromatic heterocycles. The molecule has 0 bridgehead atoms. The van der Waals surface area contributed by atoms with Crippen LogP contribution in [0.3, 0.4) is 0 Å². The van der Waals surface area contributed by atoms with Gasteiger partial charge in [0.05, 0.1) is 11.4 Å². The molecule has 0 saturated heterocycles. The summed E-state index contributed by atoms with van der Waals surface area (Å²) in [6, 6.07) is 0.341. The van der Waals surface area contributed by atoms with Gasteiger partial charge in [0, 0.05) is 20.1 Å². The SMILES string of the molecule is Cc1nn(C(C)C)c(N(C)C)c1N. The molecule has 1 heterocycles. The molecule has 2 N–H and O–H groups in total. The predicted octanol–water partition coefficient (Wildman–Crippen LogP) is 1.42. The molecule has 0 aromatic carbocycles. The van der Waals surface area contributed by atoms with Crippen molar-refractivity contribution in [3.8, 4) is 0 Å². The van der Waals surface area contributed by atoms with Crippen LogP contribution in [0.15, 0.2) is 0 Å². The quantitative estimate of drug-likeness (QED) is 0.752. The third-order valence-corrected chi connectivity index (χ3v) is 2.02. The summed E-state index contributed by atoms with van der Waals surface area (Å²) in [5, 5.41) is 4.38. The predicted molar refractivity (Wildman–Crippen MR) is 56.1 cm³/mol. The van der Waals surface area contributed by atoms with Crippen LogP contribution in [0, 0.1) is 6.92 Å². The van der Waals surface area contributed by atoms with Crippen LogP contribution in [0.2, 0.25) is 0 Å². The number of aromatic nitrogens is 2. The Balaban J connectivity index is 3.27. The molecule has 0 amide bonds. The molecule has 13 heavy (non-hydrogen) atoms. The van der Waals surface area contributed by atoms with E-state index in [0.29, 0.717) is 6.04 Å². The van der Waals surface area contributed by atoms with Gasteiger partial charge in [-0.05, 0) is 20.8 Å². The van der Waals surface area contributed by atoms with Crippen molar-refractivity contribution < 1.29 is 0 Å². The topological polar surface area (TPSA) is 47.1 Å². The van der Waals surface area contributed by atoms with Gasteiger partial charge >= 0.3 is 0 Å². The standard InChI is InChI=1S/C9H18N4/c1-6(2)13-9(12(4)5)8(10)7(3)11-13/h6H,10H2,1-5H3. The number of anilines is 2. The van der Waals surface area contributed by atoms with Gasteiger partial charge in [-0.2, -0.15) is 5.10 Å². The van der Waals surface area contributed by atoms with Gasteiger partial charge in [0.15, 0.2) is 0 Å². The van der Waals surface area contributed by atoms with E-state index in [2.05, 4.69) is 18.9 Å². The smallest absolute Gasteiger partial charge is 0.150 e. The minimum Gasteiger partial charge on any atom is -0.394 e. The van der Waals surface area contributed by atoms with Gasteiger partial charge in [-0.1, -0.05) is 0 Å². The van der Waals surface area contributed by atoms with Crippen molar-refractivity contribution in [3.05, 3.63) is 5.69 Å². The average Bonchev–Trinajstić information content (AvgIpc) is 2.28. The summed E-state index contributed by atoms with van der Waals surface area (Å²) in [6.07, 6.45) is 0. The highest BCUT2D eigenvalue weighted by molar-refractivity contribution is 5.65. The van der Waals surface area contributed by atoms with Crippen LogP contribution in [0.1, 0.15) is 25.6 Å². The zero-order valence-corrected chi connectivity index (χ0v) is 9.00. The Kier molecular flexibility index (Phi) is 2.50. The van der Waals surface area contributed by atoms with Gasteiger partial charge in [-0.3, -0.25) is 0 Å². The summed E-state index contributed by atoms with van der Waals surface area (Å²) >= 11 is 0. The third-order valence-electron chi connectivity index (χ3n) is 2.02. The fourth-order valence-electron chi connectivity index (χ4n) is 1.35. The van der Waals surface area contributed by atoms with E-state index in [4.69, 9.17) is 5.73 Å². The minimum absolute atomic E-state index is 0.341. The summed E-state index contributed by atoms with van der Waals surface area (Å²) in [4.78, 5) is 2.00. The molecule has 0 aliphatic carbocycles. The molecule has 0 aliphatic rings. The summed E-state index contributed by atoms with van der Waals surface area (Å²) in [7, 11) is 3.96. The highest BCUT2D eigenvalue weighted by Gasteiger charge is 2.15. The zero-order chi connectivity index (χ0) is 10.2. The Labute approximate surface area is 79.3 Å². The number of nitrogen functional groups attached to an aromatic ring is 1. The molecule has 0 radical (unpaired) electrons. The second-order valence-electron chi connectivity index (χ2n) is 3.76. The summed E-state index contributed by atoms with van der Waals surface area (Å²) < 4.78 is 1.95. The van der Waals surface area contributed by atoms with Crippen LogP contribution in [0.25, 0.3) is 0 Å². The molecule has 0 fully saturated rings. The Morgan fingerprint density at radius 2 is 1.92 bits per heavy atom. The van der Waals surface area contributed by atoms with Crippen molar-refractivity contribution in [2.24, 2.45) is 0 Å². The van der Waals surface area contributed by atoms with E-state index in [0.717, 1.165) is 17.2 Å². The van der Waals surface area contributed by atoms with E-state index >= 15 is 0 Å². The lowest BCUT2D eigenvalue weighted by molar-refractivity contribution is 0.529. The molecule has 0 aliphatic heterocycles. The van der Waals surface area contributed by atoms with E-state index in [1.54, 1.807) is 0 Å². The zero-order valence-electron chi connectivity index (χ0n) is 9.00. The van der Waals surface area contributed by atoms with Gasteiger partial charge < -0.3 is 10.6 Å². The van der Waals surface area contributed by atoms with Crippen molar-refractivity contribution in [2.75, 3.05) is 24.7 Å². The molecule has 4 heteroatoms. The van der Waals surface area contributed by atoms with E-state index < -0.39 is 0 Å². The largest absolute Gasteiger partial charge is 0.394 e. The maximum absolute atomic E-state index is 5.92. The Hall–Kier alpha value is -1.19. The van der Waals surface area contributed by atoms with Crippen molar-refractivity contribution >= 4 is 11.5 Å². The Morgan fingerprint density at radius 1 is 1.38 bits per heavy atom. The first-order chi connectivity index (χ1) is 5.95. The molecular formula is C9H18N4. The van der Waals surface area contributed by atoms with Crippen LogP contribution >= 0.6 is 0 Å². The maximum atomic E-state index is 5.92. The molecule has 1 rings (SSSR count). The van der Waals surface area contributed by atoms with Crippen LogP contribution in [-0.2, 0) is 0 Å². The van der Waals surface area contributed by atoms with Crippen LogP contribution in [0.5, 0.6) is 0 Å². The fraction of sp³-hybridized carbons (Fsp3) is 0.667. The summed E-state index contributed by atoms with van der Waals surface area (Å²) in [5.74, 6) is 0.993. The lowest BCUT2D eigenvalue weighted by Crippen LogP contribution is -2.17. The lowest BCUT2D eigenvalue weighted by Gasteiger charge is -2.17. The second-order valence-corrected chi connectivity index (χ2v) is 3.76. The van der Waals surface area contributed by atoms with Crippen molar-refractivity contribution in [3.63, 3.8) is 0 Å². The number of rotatable bonds is 2. The first kappa shape index (κ1) is 9.89.